The number of ether oxygens (including phenoxy) is 3. The van der Waals surface area contributed by atoms with Crippen LogP contribution in [0, 0.1) is 5.92 Å². The van der Waals surface area contributed by atoms with Gasteiger partial charge in [-0.2, -0.15) is 0 Å². The summed E-state index contributed by atoms with van der Waals surface area (Å²) < 4.78 is 16.7. The Kier molecular flexibility index (Phi) is 4.69. The number of hydrogen-bond acceptors (Lipinski definition) is 5. The Bertz CT molecular complexity index is 778. The fourth-order valence-corrected chi connectivity index (χ4v) is 3.34. The van der Waals surface area contributed by atoms with Crippen LogP contribution < -0.4 is 14.8 Å². The van der Waals surface area contributed by atoms with Crippen LogP contribution in [0.15, 0.2) is 29.5 Å². The van der Waals surface area contributed by atoms with Gasteiger partial charge in [0, 0.05) is 12.3 Å². The molecule has 1 amide bonds. The molecule has 2 heterocycles. The lowest BCUT2D eigenvalue weighted by Crippen LogP contribution is -2.38. The van der Waals surface area contributed by atoms with Crippen molar-refractivity contribution < 1.29 is 23.8 Å². The Balaban J connectivity index is 2.02. The molecule has 1 aromatic rings. The molecule has 0 saturated carbocycles. The van der Waals surface area contributed by atoms with Crippen molar-refractivity contribution in [3.05, 3.63) is 35.0 Å². The third kappa shape index (κ3) is 3.28. The van der Waals surface area contributed by atoms with E-state index in [1.54, 1.807) is 21.0 Å². The molecule has 0 spiro atoms. The van der Waals surface area contributed by atoms with Crippen molar-refractivity contribution in [1.82, 2.24) is 5.32 Å². The van der Waals surface area contributed by atoms with Gasteiger partial charge in [-0.15, -0.1) is 0 Å². The number of amides is 1. The second-order valence-corrected chi connectivity index (χ2v) is 7.61. The lowest BCUT2D eigenvalue weighted by molar-refractivity contribution is -0.144. The molecule has 1 aromatic carbocycles. The highest BCUT2D eigenvalue weighted by atomic mass is 16.6. The van der Waals surface area contributed by atoms with Crippen LogP contribution in [0.1, 0.15) is 45.6 Å². The van der Waals surface area contributed by atoms with Crippen LogP contribution in [0.5, 0.6) is 11.5 Å². The van der Waals surface area contributed by atoms with Gasteiger partial charge in [0.05, 0.1) is 25.0 Å². The van der Waals surface area contributed by atoms with E-state index < -0.39 is 5.60 Å². The number of cyclic esters (lactones) is 1. The minimum atomic E-state index is -0.829. The average Bonchev–Trinajstić information content (AvgIpc) is 2.80. The van der Waals surface area contributed by atoms with Crippen molar-refractivity contribution in [1.29, 1.82) is 0 Å². The molecule has 0 aliphatic carbocycles. The summed E-state index contributed by atoms with van der Waals surface area (Å²) in [7, 11) is 1.59. The van der Waals surface area contributed by atoms with Gasteiger partial charge >= 0.3 is 5.97 Å². The summed E-state index contributed by atoms with van der Waals surface area (Å²) in [5.74, 6) is 0.732. The molecule has 6 nitrogen and oxygen atoms in total. The van der Waals surface area contributed by atoms with Gasteiger partial charge in [-0.1, -0.05) is 19.9 Å². The summed E-state index contributed by atoms with van der Waals surface area (Å²) in [4.78, 5) is 24.7. The Labute approximate surface area is 153 Å². The van der Waals surface area contributed by atoms with Crippen molar-refractivity contribution in [3.8, 4) is 11.5 Å². The van der Waals surface area contributed by atoms with Crippen LogP contribution in [0.3, 0.4) is 0 Å². The number of carbonyl (C=O) groups is 2. The lowest BCUT2D eigenvalue weighted by Gasteiger charge is -2.27. The first-order chi connectivity index (χ1) is 12.2. The summed E-state index contributed by atoms with van der Waals surface area (Å²) in [6.45, 7) is 8.24. The number of rotatable bonds is 5. The van der Waals surface area contributed by atoms with Crippen LogP contribution in [0.4, 0.5) is 0 Å². The highest BCUT2D eigenvalue weighted by molar-refractivity contribution is 5.99. The Hall–Kier alpha value is -2.50. The first-order valence-corrected chi connectivity index (χ1v) is 8.81. The van der Waals surface area contributed by atoms with E-state index in [0.29, 0.717) is 35.3 Å². The fraction of sp³-hybridized carbons (Fsp3) is 0.500. The van der Waals surface area contributed by atoms with E-state index in [0.717, 1.165) is 5.56 Å². The highest BCUT2D eigenvalue weighted by Crippen LogP contribution is 2.44. The molecule has 2 aliphatic rings. The molecular weight excluding hydrogens is 334 g/mol. The zero-order valence-electron chi connectivity index (χ0n) is 15.8. The minimum absolute atomic E-state index is 0.124. The molecule has 1 N–H and O–H groups in total. The molecule has 0 radical (unpaired) electrons. The molecule has 140 valence electrons. The van der Waals surface area contributed by atoms with E-state index in [1.807, 2.05) is 18.2 Å². The molecule has 0 bridgehead atoms. The Morgan fingerprint density at radius 3 is 2.65 bits per heavy atom. The fourth-order valence-electron chi connectivity index (χ4n) is 3.34. The first-order valence-electron chi connectivity index (χ1n) is 8.81. The van der Waals surface area contributed by atoms with Gasteiger partial charge in [0.25, 0.3) is 0 Å². The van der Waals surface area contributed by atoms with Crippen molar-refractivity contribution in [3.63, 3.8) is 0 Å². The molecule has 0 unspecified atom stereocenters. The van der Waals surface area contributed by atoms with Crippen molar-refractivity contribution in [2.75, 3.05) is 13.7 Å². The molecule has 0 saturated heterocycles. The first kappa shape index (κ1) is 18.3. The number of benzene rings is 1. The van der Waals surface area contributed by atoms with Gasteiger partial charge in [-0.05, 0) is 37.5 Å². The topological polar surface area (TPSA) is 73.9 Å². The number of esters is 1. The van der Waals surface area contributed by atoms with E-state index in [-0.39, 0.29) is 24.2 Å². The standard InChI is InChI=1S/C20H25NO5/c1-11(2)10-25-15-8-12(6-7-14(15)24-5)13-9-16(22)21-18-17(13)19(23)26-20(18,3)4/h6-8,11,13H,9-10H2,1-5H3,(H,21,22)/t13-/m0/s1. The molecule has 2 aliphatic heterocycles. The maximum absolute atomic E-state index is 12.5. The van der Waals surface area contributed by atoms with E-state index in [9.17, 15) is 9.59 Å². The summed E-state index contributed by atoms with van der Waals surface area (Å²) >= 11 is 0. The zero-order chi connectivity index (χ0) is 19.1. The van der Waals surface area contributed by atoms with E-state index in [1.165, 1.54) is 0 Å². The smallest absolute Gasteiger partial charge is 0.337 e. The van der Waals surface area contributed by atoms with Gasteiger partial charge in [0.15, 0.2) is 11.5 Å². The van der Waals surface area contributed by atoms with E-state index in [4.69, 9.17) is 14.2 Å². The SMILES string of the molecule is COc1ccc([C@@H]2CC(=O)NC3=C2C(=O)OC3(C)C)cc1OCC(C)C. The van der Waals surface area contributed by atoms with Gasteiger partial charge in [0.2, 0.25) is 5.91 Å². The maximum Gasteiger partial charge on any atom is 0.337 e. The number of methoxy groups -OCH3 is 1. The molecule has 6 heteroatoms. The molecule has 0 aromatic heterocycles. The predicted octanol–water partition coefficient (Wildman–Crippen LogP) is 2.92. The molecular formula is C20H25NO5. The molecule has 26 heavy (non-hydrogen) atoms. The molecule has 1 atom stereocenters. The largest absolute Gasteiger partial charge is 0.493 e. The third-order valence-electron chi connectivity index (χ3n) is 4.60. The average molecular weight is 359 g/mol. The monoisotopic (exact) mass is 359 g/mol. The summed E-state index contributed by atoms with van der Waals surface area (Å²) in [5.41, 5.74) is 1.09. The van der Waals surface area contributed by atoms with Crippen molar-refractivity contribution in [2.24, 2.45) is 5.92 Å². The normalized spacial score (nSPS) is 21.4. The van der Waals surface area contributed by atoms with Crippen molar-refractivity contribution >= 4 is 11.9 Å². The summed E-state index contributed by atoms with van der Waals surface area (Å²) in [6.07, 6.45) is 0.194. The van der Waals surface area contributed by atoms with Crippen LogP contribution in [-0.4, -0.2) is 31.2 Å². The maximum atomic E-state index is 12.5. The quantitative estimate of drug-likeness (QED) is 0.818. The number of carbonyl (C=O) groups excluding carboxylic acids is 2. The highest BCUT2D eigenvalue weighted by Gasteiger charge is 2.47. The zero-order valence-corrected chi connectivity index (χ0v) is 15.8. The minimum Gasteiger partial charge on any atom is -0.493 e. The van der Waals surface area contributed by atoms with Crippen LogP contribution in [0.2, 0.25) is 0 Å². The number of hydrogen-bond donors (Lipinski definition) is 1. The van der Waals surface area contributed by atoms with Crippen molar-refractivity contribution in [2.45, 2.75) is 45.6 Å². The molecule has 3 rings (SSSR count). The van der Waals surface area contributed by atoms with Gasteiger partial charge < -0.3 is 19.5 Å². The third-order valence-corrected chi connectivity index (χ3v) is 4.60. The molecule has 0 fully saturated rings. The second kappa shape index (κ2) is 6.67. The Morgan fingerprint density at radius 1 is 1.27 bits per heavy atom. The van der Waals surface area contributed by atoms with Crippen LogP contribution in [-0.2, 0) is 14.3 Å². The number of nitrogens with one attached hydrogen (secondary N) is 1. The summed E-state index contributed by atoms with van der Waals surface area (Å²) in [6, 6.07) is 5.53. The van der Waals surface area contributed by atoms with Gasteiger partial charge in [0.1, 0.15) is 5.60 Å². The lowest BCUT2D eigenvalue weighted by atomic mass is 9.82. The van der Waals surface area contributed by atoms with Gasteiger partial charge in [-0.3, -0.25) is 4.79 Å². The van der Waals surface area contributed by atoms with E-state index >= 15 is 0 Å². The van der Waals surface area contributed by atoms with Gasteiger partial charge in [-0.25, -0.2) is 4.79 Å². The predicted molar refractivity (Wildman–Crippen MR) is 96.0 cm³/mol. The van der Waals surface area contributed by atoms with E-state index in [2.05, 4.69) is 19.2 Å². The summed E-state index contributed by atoms with van der Waals surface area (Å²) in [5, 5.41) is 2.81. The van der Waals surface area contributed by atoms with Crippen LogP contribution >= 0.6 is 0 Å². The Morgan fingerprint density at radius 2 is 2.00 bits per heavy atom. The van der Waals surface area contributed by atoms with Crippen LogP contribution in [0.25, 0.3) is 0 Å². The second-order valence-electron chi connectivity index (χ2n) is 7.61.